The quantitative estimate of drug-likeness (QED) is 0.547. The van der Waals surface area contributed by atoms with Crippen molar-refractivity contribution in [2.24, 2.45) is 0 Å². The van der Waals surface area contributed by atoms with Gasteiger partial charge in [0.1, 0.15) is 5.01 Å². The van der Waals surface area contributed by atoms with E-state index in [1.54, 1.807) is 0 Å². The van der Waals surface area contributed by atoms with Crippen LogP contribution in [0.15, 0.2) is 33.6 Å². The third kappa shape index (κ3) is 4.88. The third-order valence-electron chi connectivity index (χ3n) is 2.81. The van der Waals surface area contributed by atoms with Crippen molar-refractivity contribution in [1.29, 1.82) is 0 Å². The van der Waals surface area contributed by atoms with Crippen molar-refractivity contribution < 1.29 is 0 Å². The molecule has 1 aromatic carbocycles. The van der Waals surface area contributed by atoms with Crippen LogP contribution < -0.4 is 5.32 Å². The fourth-order valence-electron chi connectivity index (χ4n) is 1.79. The highest BCUT2D eigenvalue weighted by Crippen LogP contribution is 2.28. The van der Waals surface area contributed by atoms with Crippen LogP contribution in [0, 0.1) is 6.92 Å². The standard InChI is InChI=1S/C15H19BrN2S2/c1-3-7-17-9-14-11(2)18-15(20-14)10-19-13-6-4-5-12(16)8-13/h4-6,8,17H,3,7,9-10H2,1-2H3. The molecule has 0 atom stereocenters. The summed E-state index contributed by atoms with van der Waals surface area (Å²) < 4.78 is 1.13. The Kier molecular flexibility index (Phi) is 6.55. The third-order valence-corrected chi connectivity index (χ3v) is 5.65. The number of benzene rings is 1. The van der Waals surface area contributed by atoms with Crippen molar-refractivity contribution in [2.45, 2.75) is 37.5 Å². The second-order valence-electron chi connectivity index (χ2n) is 4.54. The molecular weight excluding hydrogens is 352 g/mol. The number of nitrogens with one attached hydrogen (secondary N) is 1. The fourth-order valence-corrected chi connectivity index (χ4v) is 4.33. The Labute approximate surface area is 137 Å². The lowest BCUT2D eigenvalue weighted by molar-refractivity contribution is 0.678. The first-order chi connectivity index (χ1) is 9.69. The molecule has 0 fully saturated rings. The van der Waals surface area contributed by atoms with Crippen LogP contribution in [0.25, 0.3) is 0 Å². The Morgan fingerprint density at radius 2 is 2.25 bits per heavy atom. The second-order valence-corrected chi connectivity index (χ2v) is 7.67. The molecular formula is C15H19BrN2S2. The summed E-state index contributed by atoms with van der Waals surface area (Å²) in [5, 5.41) is 4.65. The Hall–Kier alpha value is -0.360. The zero-order chi connectivity index (χ0) is 14.4. The van der Waals surface area contributed by atoms with Crippen LogP contribution >= 0.6 is 39.0 Å². The van der Waals surface area contributed by atoms with Crippen LogP contribution in [0.1, 0.15) is 28.9 Å². The molecule has 5 heteroatoms. The minimum atomic E-state index is 0.940. The summed E-state index contributed by atoms with van der Waals surface area (Å²) in [5.74, 6) is 0.940. The van der Waals surface area contributed by atoms with Gasteiger partial charge >= 0.3 is 0 Å². The first-order valence-electron chi connectivity index (χ1n) is 6.73. The summed E-state index contributed by atoms with van der Waals surface area (Å²) in [4.78, 5) is 7.31. The van der Waals surface area contributed by atoms with Crippen LogP contribution in [0.3, 0.4) is 0 Å². The predicted octanol–water partition coefficient (Wildman–Crippen LogP) is 5.01. The molecule has 2 aromatic rings. The monoisotopic (exact) mass is 370 g/mol. The van der Waals surface area contributed by atoms with Gasteiger partial charge in [-0.15, -0.1) is 23.1 Å². The fraction of sp³-hybridized carbons (Fsp3) is 0.400. The molecule has 1 aromatic heterocycles. The van der Waals surface area contributed by atoms with Crippen molar-refractivity contribution in [1.82, 2.24) is 10.3 Å². The van der Waals surface area contributed by atoms with E-state index in [1.807, 2.05) is 23.1 Å². The van der Waals surface area contributed by atoms with Crippen molar-refractivity contribution >= 4 is 39.0 Å². The van der Waals surface area contributed by atoms with Gasteiger partial charge in [-0.1, -0.05) is 28.9 Å². The van der Waals surface area contributed by atoms with Gasteiger partial charge in [0.2, 0.25) is 0 Å². The number of rotatable bonds is 7. The van der Waals surface area contributed by atoms with Crippen LogP contribution in [0.2, 0.25) is 0 Å². The maximum atomic E-state index is 4.67. The van der Waals surface area contributed by atoms with Gasteiger partial charge in [-0.2, -0.15) is 0 Å². The van der Waals surface area contributed by atoms with E-state index in [2.05, 4.69) is 64.3 Å². The highest BCUT2D eigenvalue weighted by atomic mass is 79.9. The van der Waals surface area contributed by atoms with Gasteiger partial charge in [0.25, 0.3) is 0 Å². The largest absolute Gasteiger partial charge is 0.312 e. The Balaban J connectivity index is 1.91. The Bertz CT molecular complexity index is 555. The zero-order valence-corrected chi connectivity index (χ0v) is 15.0. The Morgan fingerprint density at radius 3 is 3.00 bits per heavy atom. The normalized spacial score (nSPS) is 10.9. The number of thiazole rings is 1. The van der Waals surface area contributed by atoms with Gasteiger partial charge in [-0.05, 0) is 38.1 Å². The van der Waals surface area contributed by atoms with E-state index < -0.39 is 0 Å². The molecule has 0 spiro atoms. The second kappa shape index (κ2) is 8.17. The SMILES string of the molecule is CCCNCc1sc(CSc2cccc(Br)c2)nc1C. The van der Waals surface area contributed by atoms with Crippen molar-refractivity contribution in [3.8, 4) is 0 Å². The lowest BCUT2D eigenvalue weighted by atomic mass is 10.4. The van der Waals surface area contributed by atoms with E-state index in [1.165, 1.54) is 26.9 Å². The molecule has 0 saturated heterocycles. The number of aryl methyl sites for hydroxylation is 1. The van der Waals surface area contributed by atoms with Crippen LogP contribution in [0.5, 0.6) is 0 Å². The van der Waals surface area contributed by atoms with Gasteiger partial charge in [0, 0.05) is 20.8 Å². The minimum Gasteiger partial charge on any atom is -0.312 e. The topological polar surface area (TPSA) is 24.9 Å². The summed E-state index contributed by atoms with van der Waals surface area (Å²) in [7, 11) is 0. The van der Waals surface area contributed by atoms with E-state index >= 15 is 0 Å². The van der Waals surface area contributed by atoms with E-state index in [0.29, 0.717) is 0 Å². The summed E-state index contributed by atoms with van der Waals surface area (Å²) in [6, 6.07) is 8.41. The summed E-state index contributed by atoms with van der Waals surface area (Å²) >= 11 is 7.17. The van der Waals surface area contributed by atoms with Crippen molar-refractivity contribution in [3.05, 3.63) is 44.3 Å². The van der Waals surface area contributed by atoms with Gasteiger partial charge in [-0.25, -0.2) is 4.98 Å². The van der Waals surface area contributed by atoms with E-state index in [0.717, 1.165) is 23.3 Å². The molecule has 0 aliphatic carbocycles. The molecule has 2 rings (SSSR count). The maximum Gasteiger partial charge on any atom is 0.103 e. The predicted molar refractivity (Wildman–Crippen MR) is 92.6 cm³/mol. The van der Waals surface area contributed by atoms with Gasteiger partial charge in [-0.3, -0.25) is 0 Å². The van der Waals surface area contributed by atoms with Gasteiger partial charge < -0.3 is 5.32 Å². The molecule has 0 aliphatic heterocycles. The number of hydrogen-bond donors (Lipinski definition) is 1. The van der Waals surface area contributed by atoms with Crippen molar-refractivity contribution in [2.75, 3.05) is 6.54 Å². The highest BCUT2D eigenvalue weighted by molar-refractivity contribution is 9.10. The van der Waals surface area contributed by atoms with Crippen molar-refractivity contribution in [3.63, 3.8) is 0 Å². The number of hydrogen-bond acceptors (Lipinski definition) is 4. The first kappa shape index (κ1) is 16.0. The smallest absolute Gasteiger partial charge is 0.103 e. The number of halogens is 1. The lowest BCUT2D eigenvalue weighted by Crippen LogP contribution is -2.13. The van der Waals surface area contributed by atoms with Gasteiger partial charge in [0.15, 0.2) is 0 Å². The van der Waals surface area contributed by atoms with Crippen LogP contribution in [-0.4, -0.2) is 11.5 Å². The number of thioether (sulfide) groups is 1. The molecule has 0 aliphatic rings. The lowest BCUT2D eigenvalue weighted by Gasteiger charge is -2.00. The maximum absolute atomic E-state index is 4.67. The first-order valence-corrected chi connectivity index (χ1v) is 9.33. The van der Waals surface area contributed by atoms with E-state index in [9.17, 15) is 0 Å². The molecule has 0 saturated carbocycles. The molecule has 0 amide bonds. The van der Waals surface area contributed by atoms with Gasteiger partial charge in [0.05, 0.1) is 11.4 Å². The summed E-state index contributed by atoms with van der Waals surface area (Å²) in [6.07, 6.45) is 1.17. The molecule has 1 heterocycles. The summed E-state index contributed by atoms with van der Waals surface area (Å²) in [6.45, 7) is 6.30. The summed E-state index contributed by atoms with van der Waals surface area (Å²) in [5.41, 5.74) is 1.17. The number of nitrogens with zero attached hydrogens (tertiary/aromatic N) is 1. The molecule has 20 heavy (non-hydrogen) atoms. The van der Waals surface area contributed by atoms with E-state index in [-0.39, 0.29) is 0 Å². The minimum absolute atomic E-state index is 0.940. The molecule has 0 unspecified atom stereocenters. The molecule has 0 radical (unpaired) electrons. The number of aromatic nitrogens is 1. The highest BCUT2D eigenvalue weighted by Gasteiger charge is 2.07. The average Bonchev–Trinajstić information content (AvgIpc) is 2.78. The van der Waals surface area contributed by atoms with Crippen LogP contribution in [-0.2, 0) is 12.3 Å². The molecule has 1 N–H and O–H groups in total. The van der Waals surface area contributed by atoms with E-state index in [4.69, 9.17) is 0 Å². The average molecular weight is 371 g/mol. The Morgan fingerprint density at radius 1 is 1.40 bits per heavy atom. The molecule has 108 valence electrons. The van der Waals surface area contributed by atoms with Crippen LogP contribution in [0.4, 0.5) is 0 Å². The molecule has 0 bridgehead atoms. The zero-order valence-electron chi connectivity index (χ0n) is 11.8. The molecule has 2 nitrogen and oxygen atoms in total.